The number of anilines is 1. The Morgan fingerprint density at radius 3 is 2.71 bits per heavy atom. The van der Waals surface area contributed by atoms with Crippen molar-refractivity contribution in [3.8, 4) is 11.1 Å². The first-order valence-electron chi connectivity index (χ1n) is 8.22. The second-order valence-electron chi connectivity index (χ2n) is 6.06. The Bertz CT molecular complexity index is 1200. The van der Waals surface area contributed by atoms with Crippen LogP contribution in [0.3, 0.4) is 0 Å². The van der Waals surface area contributed by atoms with Crippen molar-refractivity contribution < 1.29 is 23.5 Å². The van der Waals surface area contributed by atoms with Crippen LogP contribution in [0.25, 0.3) is 22.2 Å². The molecule has 0 saturated carbocycles. The number of carboxylic acid groups (broad SMARTS) is 1. The molecule has 0 radical (unpaired) electrons. The Morgan fingerprint density at radius 1 is 1.21 bits per heavy atom. The number of para-hydroxylation sites is 2. The lowest BCUT2D eigenvalue weighted by Crippen LogP contribution is -2.13. The summed E-state index contributed by atoms with van der Waals surface area (Å²) in [5.74, 6) is -2.50. The zero-order valence-corrected chi connectivity index (χ0v) is 15.3. The van der Waals surface area contributed by atoms with Crippen LogP contribution in [-0.4, -0.2) is 22.0 Å². The smallest absolute Gasteiger partial charge is 0.339 e. The molecule has 2 aromatic heterocycles. The average molecular weight is 396 g/mol. The molecule has 4 rings (SSSR count). The number of aryl methyl sites for hydroxylation is 1. The van der Waals surface area contributed by atoms with Crippen molar-refractivity contribution in [3.05, 3.63) is 70.7 Å². The standard InChI is InChI=1S/C20H13FN2O4S/c1-10-6-7-11(8-13(10)21)12-9-28-19(16(12)20(25)26)23-17(24)18-22-14-4-2-3-5-15(14)27-18/h2-9H,1H3,(H,23,24)(H,25,26). The normalized spacial score (nSPS) is 10.9. The third-order valence-corrected chi connectivity index (χ3v) is 5.10. The van der Waals surface area contributed by atoms with Crippen molar-refractivity contribution in [1.29, 1.82) is 0 Å². The minimum Gasteiger partial charge on any atom is -0.478 e. The fraction of sp³-hybridized carbons (Fsp3) is 0.0500. The number of oxazole rings is 1. The van der Waals surface area contributed by atoms with Crippen molar-refractivity contribution in [2.75, 3.05) is 5.32 Å². The number of hydrogen-bond acceptors (Lipinski definition) is 5. The van der Waals surface area contributed by atoms with E-state index in [4.69, 9.17) is 4.42 Å². The number of carbonyl (C=O) groups excluding carboxylic acids is 1. The van der Waals surface area contributed by atoms with Gasteiger partial charge in [-0.1, -0.05) is 24.3 Å². The Balaban J connectivity index is 1.69. The first-order valence-corrected chi connectivity index (χ1v) is 9.10. The number of carboxylic acids is 1. The fourth-order valence-corrected chi connectivity index (χ4v) is 3.72. The van der Waals surface area contributed by atoms with Gasteiger partial charge in [-0.25, -0.2) is 14.2 Å². The van der Waals surface area contributed by atoms with E-state index in [2.05, 4.69) is 10.3 Å². The molecule has 2 N–H and O–H groups in total. The number of benzene rings is 2. The van der Waals surface area contributed by atoms with Gasteiger partial charge in [0.25, 0.3) is 5.89 Å². The Labute approximate surface area is 162 Å². The van der Waals surface area contributed by atoms with Gasteiger partial charge in [0.1, 0.15) is 21.9 Å². The highest BCUT2D eigenvalue weighted by Gasteiger charge is 2.23. The van der Waals surface area contributed by atoms with E-state index >= 15 is 0 Å². The molecule has 8 heteroatoms. The summed E-state index contributed by atoms with van der Waals surface area (Å²) in [5, 5.41) is 13.9. The maximum Gasteiger partial charge on any atom is 0.339 e. The number of fused-ring (bicyclic) bond motifs is 1. The summed E-state index contributed by atoms with van der Waals surface area (Å²) in [5.41, 5.74) is 2.06. The van der Waals surface area contributed by atoms with E-state index in [1.54, 1.807) is 48.7 Å². The highest BCUT2D eigenvalue weighted by molar-refractivity contribution is 7.15. The van der Waals surface area contributed by atoms with Crippen molar-refractivity contribution in [2.45, 2.75) is 6.92 Å². The third-order valence-electron chi connectivity index (χ3n) is 4.20. The maximum absolute atomic E-state index is 13.9. The monoisotopic (exact) mass is 396 g/mol. The van der Waals surface area contributed by atoms with E-state index in [-0.39, 0.29) is 16.5 Å². The van der Waals surface area contributed by atoms with E-state index < -0.39 is 17.7 Å². The van der Waals surface area contributed by atoms with Crippen LogP contribution in [-0.2, 0) is 0 Å². The van der Waals surface area contributed by atoms with Crippen LogP contribution in [0.1, 0.15) is 26.6 Å². The minimum atomic E-state index is -1.23. The number of aromatic carboxylic acids is 1. The zero-order valence-electron chi connectivity index (χ0n) is 14.5. The van der Waals surface area contributed by atoms with Crippen LogP contribution in [0.2, 0.25) is 0 Å². The topological polar surface area (TPSA) is 92.4 Å². The summed E-state index contributed by atoms with van der Waals surface area (Å²) in [4.78, 5) is 28.4. The molecule has 6 nitrogen and oxygen atoms in total. The zero-order chi connectivity index (χ0) is 19.8. The second-order valence-corrected chi connectivity index (χ2v) is 6.94. The molecule has 0 aliphatic heterocycles. The average Bonchev–Trinajstić information content (AvgIpc) is 3.28. The van der Waals surface area contributed by atoms with Crippen LogP contribution in [0.4, 0.5) is 9.39 Å². The molecule has 0 spiro atoms. The van der Waals surface area contributed by atoms with Gasteiger partial charge in [0.15, 0.2) is 5.58 Å². The first kappa shape index (κ1) is 17.9. The van der Waals surface area contributed by atoms with Crippen molar-refractivity contribution in [2.24, 2.45) is 0 Å². The van der Waals surface area contributed by atoms with Gasteiger partial charge in [-0.3, -0.25) is 4.79 Å². The number of thiophene rings is 1. The lowest BCUT2D eigenvalue weighted by Gasteiger charge is -2.05. The number of nitrogens with one attached hydrogen (secondary N) is 1. The van der Waals surface area contributed by atoms with Crippen LogP contribution in [0.5, 0.6) is 0 Å². The van der Waals surface area contributed by atoms with E-state index in [1.165, 1.54) is 6.07 Å². The molecule has 0 unspecified atom stereocenters. The van der Waals surface area contributed by atoms with E-state index in [9.17, 15) is 19.1 Å². The van der Waals surface area contributed by atoms with E-state index in [0.717, 1.165) is 11.3 Å². The number of nitrogens with zero attached hydrogens (tertiary/aromatic N) is 1. The SMILES string of the molecule is Cc1ccc(-c2csc(NC(=O)c3nc4ccccc4o3)c2C(=O)O)cc1F. The fourth-order valence-electron chi connectivity index (χ4n) is 2.76. The highest BCUT2D eigenvalue weighted by atomic mass is 32.1. The number of halogens is 1. The van der Waals surface area contributed by atoms with Gasteiger partial charge >= 0.3 is 11.9 Å². The summed E-state index contributed by atoms with van der Waals surface area (Å²) >= 11 is 1.03. The van der Waals surface area contributed by atoms with Crippen LogP contribution in [0.15, 0.2) is 52.3 Å². The molecule has 0 aliphatic carbocycles. The van der Waals surface area contributed by atoms with Crippen LogP contribution >= 0.6 is 11.3 Å². The number of rotatable bonds is 4. The van der Waals surface area contributed by atoms with Gasteiger partial charge in [-0.15, -0.1) is 11.3 Å². The lowest BCUT2D eigenvalue weighted by atomic mass is 10.0. The maximum atomic E-state index is 13.9. The van der Waals surface area contributed by atoms with Gasteiger partial charge in [0.2, 0.25) is 0 Å². The number of amides is 1. The predicted octanol–water partition coefficient (Wildman–Crippen LogP) is 4.95. The summed E-state index contributed by atoms with van der Waals surface area (Å²) in [6.45, 7) is 1.62. The highest BCUT2D eigenvalue weighted by Crippen LogP contribution is 2.36. The summed E-state index contributed by atoms with van der Waals surface area (Å²) in [7, 11) is 0. The van der Waals surface area contributed by atoms with E-state index in [0.29, 0.717) is 27.8 Å². The molecular formula is C20H13FN2O4S. The van der Waals surface area contributed by atoms with Gasteiger partial charge in [0, 0.05) is 10.9 Å². The van der Waals surface area contributed by atoms with Crippen molar-refractivity contribution in [1.82, 2.24) is 4.98 Å². The molecule has 2 aromatic carbocycles. The van der Waals surface area contributed by atoms with Gasteiger partial charge in [-0.05, 0) is 36.2 Å². The lowest BCUT2D eigenvalue weighted by molar-refractivity contribution is 0.0699. The molecule has 140 valence electrons. The second kappa shape index (κ2) is 6.90. The van der Waals surface area contributed by atoms with Crippen molar-refractivity contribution in [3.63, 3.8) is 0 Å². The Kier molecular flexibility index (Phi) is 4.40. The van der Waals surface area contributed by atoms with E-state index in [1.807, 2.05) is 0 Å². The molecule has 0 aliphatic rings. The minimum absolute atomic E-state index is 0.113. The Hall–Kier alpha value is -3.52. The number of hydrogen-bond donors (Lipinski definition) is 2. The van der Waals surface area contributed by atoms with Crippen LogP contribution < -0.4 is 5.32 Å². The van der Waals surface area contributed by atoms with Gasteiger partial charge in [-0.2, -0.15) is 0 Å². The van der Waals surface area contributed by atoms with Crippen LogP contribution in [0, 0.1) is 12.7 Å². The number of aromatic nitrogens is 1. The molecule has 0 fully saturated rings. The van der Waals surface area contributed by atoms with Gasteiger partial charge in [0.05, 0.1) is 0 Å². The molecule has 28 heavy (non-hydrogen) atoms. The summed E-state index contributed by atoms with van der Waals surface area (Å²) in [6, 6.07) is 11.4. The molecule has 2 heterocycles. The largest absolute Gasteiger partial charge is 0.478 e. The number of carbonyl (C=O) groups is 2. The molecule has 4 aromatic rings. The van der Waals surface area contributed by atoms with Crippen molar-refractivity contribution >= 4 is 39.3 Å². The molecular weight excluding hydrogens is 383 g/mol. The molecule has 0 atom stereocenters. The quantitative estimate of drug-likeness (QED) is 0.509. The Morgan fingerprint density at radius 2 is 2.00 bits per heavy atom. The molecule has 1 amide bonds. The molecule has 0 saturated heterocycles. The van der Waals surface area contributed by atoms with Gasteiger partial charge < -0.3 is 14.8 Å². The third kappa shape index (κ3) is 3.14. The molecule has 0 bridgehead atoms. The first-order chi connectivity index (χ1) is 13.4. The summed E-state index contributed by atoms with van der Waals surface area (Å²) in [6.07, 6.45) is 0. The predicted molar refractivity (Wildman–Crippen MR) is 103 cm³/mol. The summed E-state index contributed by atoms with van der Waals surface area (Å²) < 4.78 is 19.3.